The summed E-state index contributed by atoms with van der Waals surface area (Å²) in [4.78, 5) is 13.0. The minimum Gasteiger partial charge on any atom is -0.317 e. The number of rotatable bonds is 3. The molecule has 1 aromatic heterocycles. The summed E-state index contributed by atoms with van der Waals surface area (Å²) in [6.45, 7) is 2.00. The van der Waals surface area contributed by atoms with Crippen LogP contribution in [0.3, 0.4) is 0 Å². The predicted octanol–water partition coefficient (Wildman–Crippen LogP) is 1.86. The zero-order valence-corrected chi connectivity index (χ0v) is 8.98. The molecule has 0 unspecified atom stereocenters. The molecule has 2 rings (SSSR count). The number of piperidine rings is 1. The number of Topliss-reactive ketones (excluding diaryl/α,β-unsaturated/α-hetero) is 1. The monoisotopic (exact) mass is 209 g/mol. The molecule has 1 aliphatic rings. The van der Waals surface area contributed by atoms with Crippen LogP contribution in [0.25, 0.3) is 0 Å². The average molecular weight is 209 g/mol. The highest BCUT2D eigenvalue weighted by Gasteiger charge is 2.20. The van der Waals surface area contributed by atoms with Gasteiger partial charge < -0.3 is 5.32 Å². The van der Waals surface area contributed by atoms with Crippen LogP contribution in [0.5, 0.6) is 0 Å². The third-order valence-corrected chi connectivity index (χ3v) is 3.60. The molecule has 1 N–H and O–H groups in total. The third kappa shape index (κ3) is 2.42. The van der Waals surface area contributed by atoms with Crippen molar-refractivity contribution in [1.82, 2.24) is 5.32 Å². The van der Waals surface area contributed by atoms with Gasteiger partial charge >= 0.3 is 0 Å². The summed E-state index contributed by atoms with van der Waals surface area (Å²) in [6.07, 6.45) is 2.68. The number of carbonyl (C=O) groups excluding carboxylic acids is 1. The molecule has 76 valence electrons. The van der Waals surface area contributed by atoms with Gasteiger partial charge in [-0.15, -0.1) is 11.3 Å². The Kier molecular flexibility index (Phi) is 3.32. The van der Waals surface area contributed by atoms with E-state index in [1.807, 2.05) is 17.5 Å². The maximum Gasteiger partial charge on any atom is 0.141 e. The van der Waals surface area contributed by atoms with Gasteiger partial charge in [-0.1, -0.05) is 6.07 Å². The molecule has 1 fully saturated rings. The van der Waals surface area contributed by atoms with E-state index in [0.29, 0.717) is 18.1 Å². The fourth-order valence-corrected chi connectivity index (χ4v) is 2.59. The molecule has 0 amide bonds. The number of carbonyl (C=O) groups is 1. The molecular weight excluding hydrogens is 194 g/mol. The van der Waals surface area contributed by atoms with Crippen molar-refractivity contribution in [2.24, 2.45) is 5.92 Å². The zero-order chi connectivity index (χ0) is 9.80. The fraction of sp³-hybridized carbons (Fsp3) is 0.545. The molecule has 1 saturated heterocycles. The molecule has 3 heteroatoms. The molecule has 0 aromatic carbocycles. The fourth-order valence-electron chi connectivity index (χ4n) is 1.87. The first-order chi connectivity index (χ1) is 6.86. The summed E-state index contributed by atoms with van der Waals surface area (Å²) in [6, 6.07) is 4.05. The smallest absolute Gasteiger partial charge is 0.141 e. The van der Waals surface area contributed by atoms with E-state index in [1.165, 1.54) is 4.88 Å². The Labute approximate surface area is 88.3 Å². The van der Waals surface area contributed by atoms with Gasteiger partial charge in [0.1, 0.15) is 5.78 Å². The van der Waals surface area contributed by atoms with E-state index in [4.69, 9.17) is 0 Å². The van der Waals surface area contributed by atoms with Crippen molar-refractivity contribution >= 4 is 17.1 Å². The van der Waals surface area contributed by atoms with Gasteiger partial charge in [-0.3, -0.25) is 4.79 Å². The van der Waals surface area contributed by atoms with Crippen LogP contribution in [-0.4, -0.2) is 18.9 Å². The highest BCUT2D eigenvalue weighted by atomic mass is 32.1. The molecule has 0 radical (unpaired) electrons. The van der Waals surface area contributed by atoms with Crippen LogP contribution >= 0.6 is 11.3 Å². The van der Waals surface area contributed by atoms with Crippen molar-refractivity contribution in [2.45, 2.75) is 19.3 Å². The molecule has 0 atom stereocenters. The molecule has 0 bridgehead atoms. The Morgan fingerprint density at radius 1 is 1.50 bits per heavy atom. The minimum atomic E-state index is 0.304. The Bertz CT molecular complexity index is 288. The number of hydrogen-bond acceptors (Lipinski definition) is 3. The van der Waals surface area contributed by atoms with Gasteiger partial charge in [0.05, 0.1) is 0 Å². The molecule has 2 heterocycles. The highest BCUT2D eigenvalue weighted by Crippen LogP contribution is 2.17. The predicted molar refractivity (Wildman–Crippen MR) is 58.6 cm³/mol. The topological polar surface area (TPSA) is 29.1 Å². The first kappa shape index (κ1) is 9.87. The summed E-state index contributed by atoms with van der Waals surface area (Å²) in [7, 11) is 0. The van der Waals surface area contributed by atoms with Gasteiger partial charge in [-0.2, -0.15) is 0 Å². The Morgan fingerprint density at radius 2 is 2.29 bits per heavy atom. The number of nitrogens with one attached hydrogen (secondary N) is 1. The summed E-state index contributed by atoms with van der Waals surface area (Å²) < 4.78 is 0. The van der Waals surface area contributed by atoms with Crippen molar-refractivity contribution in [2.75, 3.05) is 13.1 Å². The van der Waals surface area contributed by atoms with Crippen LogP contribution in [0.4, 0.5) is 0 Å². The minimum absolute atomic E-state index is 0.304. The SMILES string of the molecule is O=C(Cc1cccs1)C1CCNCC1. The average Bonchev–Trinajstić information content (AvgIpc) is 2.72. The summed E-state index contributed by atoms with van der Waals surface area (Å²) in [5.74, 6) is 0.729. The molecule has 0 spiro atoms. The van der Waals surface area contributed by atoms with Crippen LogP contribution < -0.4 is 5.32 Å². The van der Waals surface area contributed by atoms with E-state index in [1.54, 1.807) is 11.3 Å². The van der Waals surface area contributed by atoms with Gasteiger partial charge in [0.2, 0.25) is 0 Å². The lowest BCUT2D eigenvalue weighted by atomic mass is 9.92. The second-order valence-corrected chi connectivity index (χ2v) is 4.78. The van der Waals surface area contributed by atoms with Crippen molar-refractivity contribution in [3.05, 3.63) is 22.4 Å². The molecule has 1 aromatic rings. The molecule has 14 heavy (non-hydrogen) atoms. The van der Waals surface area contributed by atoms with E-state index in [9.17, 15) is 4.79 Å². The summed E-state index contributed by atoms with van der Waals surface area (Å²) >= 11 is 1.68. The van der Waals surface area contributed by atoms with E-state index in [0.717, 1.165) is 25.9 Å². The van der Waals surface area contributed by atoms with Crippen LogP contribution in [-0.2, 0) is 11.2 Å². The van der Waals surface area contributed by atoms with Gasteiger partial charge in [0, 0.05) is 17.2 Å². The lowest BCUT2D eigenvalue weighted by molar-refractivity contribution is -0.122. The van der Waals surface area contributed by atoms with Gasteiger partial charge in [-0.25, -0.2) is 0 Å². The normalized spacial score (nSPS) is 18.3. The Balaban J connectivity index is 1.88. The molecule has 0 saturated carbocycles. The second kappa shape index (κ2) is 4.71. The lowest BCUT2D eigenvalue weighted by Gasteiger charge is -2.20. The van der Waals surface area contributed by atoms with Crippen molar-refractivity contribution in [1.29, 1.82) is 0 Å². The molecule has 1 aliphatic heterocycles. The van der Waals surface area contributed by atoms with Crippen LogP contribution in [0, 0.1) is 5.92 Å². The lowest BCUT2D eigenvalue weighted by Crippen LogP contribution is -2.32. The Hall–Kier alpha value is -0.670. The molecular formula is C11H15NOS. The van der Waals surface area contributed by atoms with Crippen LogP contribution in [0.1, 0.15) is 17.7 Å². The second-order valence-electron chi connectivity index (χ2n) is 3.75. The quantitative estimate of drug-likeness (QED) is 0.823. The molecule has 2 nitrogen and oxygen atoms in total. The maximum absolute atomic E-state index is 11.8. The van der Waals surface area contributed by atoms with Crippen LogP contribution in [0.15, 0.2) is 17.5 Å². The van der Waals surface area contributed by atoms with Gasteiger partial charge in [0.25, 0.3) is 0 Å². The van der Waals surface area contributed by atoms with E-state index in [-0.39, 0.29) is 0 Å². The maximum atomic E-state index is 11.8. The van der Waals surface area contributed by atoms with E-state index in [2.05, 4.69) is 5.32 Å². The third-order valence-electron chi connectivity index (χ3n) is 2.72. The number of thiophene rings is 1. The van der Waals surface area contributed by atoms with Gasteiger partial charge in [0.15, 0.2) is 0 Å². The molecule has 0 aliphatic carbocycles. The number of ketones is 1. The summed E-state index contributed by atoms with van der Waals surface area (Å²) in [5.41, 5.74) is 0. The zero-order valence-electron chi connectivity index (χ0n) is 8.16. The standard InChI is InChI=1S/C11H15NOS/c13-11(8-10-2-1-7-14-10)9-3-5-12-6-4-9/h1-2,7,9,12H,3-6,8H2. The highest BCUT2D eigenvalue weighted by molar-refractivity contribution is 7.10. The van der Waals surface area contributed by atoms with Gasteiger partial charge in [-0.05, 0) is 37.4 Å². The number of hydrogen-bond donors (Lipinski definition) is 1. The van der Waals surface area contributed by atoms with E-state index >= 15 is 0 Å². The Morgan fingerprint density at radius 3 is 2.93 bits per heavy atom. The van der Waals surface area contributed by atoms with Crippen LogP contribution in [0.2, 0.25) is 0 Å². The van der Waals surface area contributed by atoms with Crippen molar-refractivity contribution < 1.29 is 4.79 Å². The largest absolute Gasteiger partial charge is 0.317 e. The first-order valence-electron chi connectivity index (χ1n) is 5.12. The first-order valence-corrected chi connectivity index (χ1v) is 6.00. The summed E-state index contributed by atoms with van der Waals surface area (Å²) in [5, 5.41) is 5.31. The van der Waals surface area contributed by atoms with E-state index < -0.39 is 0 Å². The van der Waals surface area contributed by atoms with Crippen molar-refractivity contribution in [3.8, 4) is 0 Å². The van der Waals surface area contributed by atoms with Crippen molar-refractivity contribution in [3.63, 3.8) is 0 Å².